The third-order valence-electron chi connectivity index (χ3n) is 6.89. The summed E-state index contributed by atoms with van der Waals surface area (Å²) < 4.78 is 44.9. The molecule has 210 valence electrons. The first-order valence-electron chi connectivity index (χ1n) is 13.0. The van der Waals surface area contributed by atoms with E-state index in [2.05, 4.69) is 0 Å². The van der Waals surface area contributed by atoms with Crippen LogP contribution in [0.25, 0.3) is 5.76 Å². The van der Waals surface area contributed by atoms with Crippen molar-refractivity contribution < 1.29 is 32.8 Å². The van der Waals surface area contributed by atoms with E-state index in [4.69, 9.17) is 14.2 Å². The van der Waals surface area contributed by atoms with Crippen molar-refractivity contribution in [2.24, 2.45) is 0 Å². The molecule has 8 nitrogen and oxygen atoms in total. The molecule has 39 heavy (non-hydrogen) atoms. The first-order chi connectivity index (χ1) is 18.5. The number of benzene rings is 2. The molecule has 9 heteroatoms. The summed E-state index contributed by atoms with van der Waals surface area (Å²) in [6, 6.07) is 6.48. The summed E-state index contributed by atoms with van der Waals surface area (Å²) in [6.45, 7) is 9.29. The average molecular weight is 556 g/mol. The van der Waals surface area contributed by atoms with Crippen molar-refractivity contribution >= 4 is 15.8 Å². The van der Waals surface area contributed by atoms with E-state index in [0.717, 1.165) is 11.1 Å². The van der Waals surface area contributed by atoms with Crippen molar-refractivity contribution in [3.8, 4) is 17.2 Å². The average Bonchev–Trinajstić information content (AvgIpc) is 2.92. The first-order valence-corrected chi connectivity index (χ1v) is 14.5. The number of hydrogen-bond donors (Lipinski definition) is 2. The Morgan fingerprint density at radius 2 is 1.54 bits per heavy atom. The molecule has 0 saturated carbocycles. The molecule has 2 aromatic rings. The topological polar surface area (TPSA) is 106 Å². The minimum absolute atomic E-state index is 0.00780. The van der Waals surface area contributed by atoms with Gasteiger partial charge in [0.25, 0.3) is 0 Å². The Kier molecular flexibility index (Phi) is 8.73. The van der Waals surface area contributed by atoms with Crippen LogP contribution in [0.3, 0.4) is 0 Å². The number of sulfonamides is 1. The molecule has 2 heterocycles. The van der Waals surface area contributed by atoms with Gasteiger partial charge in [-0.25, -0.2) is 8.42 Å². The standard InChI is InChI=1S/C30H37NO7S/c1-19(2)6-12-23-27(32)24(13-7-20(3)4)30-25(28(23)33)18-26(36-5)29(38-30)21-8-10-22(11-9-21)39(34,35)31-14-16-37-17-15-31/h6-11,32-33H,12-18H2,1-5H3. The second kappa shape index (κ2) is 11.9. The molecule has 2 aliphatic rings. The van der Waals surface area contributed by atoms with Gasteiger partial charge in [0.15, 0.2) is 5.76 Å². The van der Waals surface area contributed by atoms with E-state index in [0.29, 0.717) is 78.7 Å². The second-order valence-electron chi connectivity index (χ2n) is 10.2. The van der Waals surface area contributed by atoms with Gasteiger partial charge in [0.05, 0.1) is 25.2 Å². The van der Waals surface area contributed by atoms with Gasteiger partial charge in [-0.1, -0.05) is 23.3 Å². The highest BCUT2D eigenvalue weighted by Crippen LogP contribution is 2.48. The number of hydrogen-bond acceptors (Lipinski definition) is 7. The van der Waals surface area contributed by atoms with Crippen molar-refractivity contribution in [2.75, 3.05) is 33.4 Å². The molecule has 0 bridgehead atoms. The molecule has 2 aromatic carbocycles. The van der Waals surface area contributed by atoms with Gasteiger partial charge in [-0.05, 0) is 64.8 Å². The summed E-state index contributed by atoms with van der Waals surface area (Å²) >= 11 is 0. The summed E-state index contributed by atoms with van der Waals surface area (Å²) in [7, 11) is -2.10. The van der Waals surface area contributed by atoms with Gasteiger partial charge in [0.2, 0.25) is 10.0 Å². The van der Waals surface area contributed by atoms with Gasteiger partial charge in [-0.15, -0.1) is 0 Å². The third kappa shape index (κ3) is 6.00. The maximum absolute atomic E-state index is 13.1. The zero-order chi connectivity index (χ0) is 28.3. The maximum atomic E-state index is 13.1. The van der Waals surface area contributed by atoms with Crippen LogP contribution in [-0.2, 0) is 38.8 Å². The number of methoxy groups -OCH3 is 1. The number of phenolic OH excluding ortho intramolecular Hbond substituents is 2. The van der Waals surface area contributed by atoms with Gasteiger partial charge < -0.3 is 24.4 Å². The van der Waals surface area contributed by atoms with E-state index >= 15 is 0 Å². The summed E-state index contributed by atoms with van der Waals surface area (Å²) in [5, 5.41) is 22.5. The zero-order valence-corrected chi connectivity index (χ0v) is 24.0. The number of ether oxygens (including phenoxy) is 3. The predicted molar refractivity (Wildman–Crippen MR) is 150 cm³/mol. The Balaban J connectivity index is 1.76. The van der Waals surface area contributed by atoms with Crippen LogP contribution in [0, 0.1) is 0 Å². The van der Waals surface area contributed by atoms with Gasteiger partial charge >= 0.3 is 0 Å². The highest BCUT2D eigenvalue weighted by molar-refractivity contribution is 7.89. The molecule has 4 rings (SSSR count). The van der Waals surface area contributed by atoms with E-state index in [1.165, 1.54) is 11.4 Å². The van der Waals surface area contributed by atoms with Crippen molar-refractivity contribution in [3.63, 3.8) is 0 Å². The Hall–Kier alpha value is -3.27. The monoisotopic (exact) mass is 555 g/mol. The Morgan fingerprint density at radius 1 is 0.949 bits per heavy atom. The lowest BCUT2D eigenvalue weighted by atomic mass is 9.92. The Labute approximate surface area is 230 Å². The Bertz CT molecular complexity index is 1420. The van der Waals surface area contributed by atoms with Crippen molar-refractivity contribution in [2.45, 2.75) is 51.9 Å². The summed E-state index contributed by atoms with van der Waals surface area (Å²) in [6.07, 6.45) is 5.02. The van der Waals surface area contributed by atoms with Crippen LogP contribution in [0.4, 0.5) is 0 Å². The fourth-order valence-corrected chi connectivity index (χ4v) is 6.06. The lowest BCUT2D eigenvalue weighted by Crippen LogP contribution is -2.40. The summed E-state index contributed by atoms with van der Waals surface area (Å²) in [5.74, 6) is 1.29. The Morgan fingerprint density at radius 3 is 2.10 bits per heavy atom. The van der Waals surface area contributed by atoms with Crippen LogP contribution in [0.15, 0.2) is 58.2 Å². The van der Waals surface area contributed by atoms with Gasteiger partial charge in [-0.2, -0.15) is 4.31 Å². The van der Waals surface area contributed by atoms with E-state index in [1.807, 2.05) is 39.8 Å². The van der Waals surface area contributed by atoms with Gasteiger partial charge in [-0.3, -0.25) is 0 Å². The SMILES string of the molecule is COC1=C(c2ccc(S(=O)(=O)N3CCOCC3)cc2)Oc2c(CC=C(C)C)c(O)c(CC=C(C)C)c(O)c2C1. The maximum Gasteiger partial charge on any atom is 0.243 e. The van der Waals surface area contributed by atoms with E-state index in [-0.39, 0.29) is 22.8 Å². The smallest absolute Gasteiger partial charge is 0.243 e. The van der Waals surface area contributed by atoms with Gasteiger partial charge in [0, 0.05) is 41.8 Å². The molecule has 0 unspecified atom stereocenters. The third-order valence-corrected chi connectivity index (χ3v) is 8.80. The van der Waals surface area contributed by atoms with Crippen LogP contribution in [0.2, 0.25) is 0 Å². The molecule has 0 amide bonds. The minimum Gasteiger partial charge on any atom is -0.507 e. The first kappa shape index (κ1) is 28.7. The van der Waals surface area contributed by atoms with Crippen LogP contribution in [-0.4, -0.2) is 56.3 Å². The van der Waals surface area contributed by atoms with E-state index in [9.17, 15) is 18.6 Å². The fourth-order valence-electron chi connectivity index (χ4n) is 4.65. The lowest BCUT2D eigenvalue weighted by Gasteiger charge is -2.28. The predicted octanol–water partition coefficient (Wildman–Crippen LogP) is 5.09. The molecular formula is C30H37NO7S. The molecule has 0 radical (unpaired) electrons. The molecule has 0 aliphatic carbocycles. The summed E-state index contributed by atoms with van der Waals surface area (Å²) in [5.41, 5.74) is 4.37. The molecule has 1 saturated heterocycles. The van der Waals surface area contributed by atoms with Crippen molar-refractivity contribution in [1.82, 2.24) is 4.31 Å². The lowest BCUT2D eigenvalue weighted by molar-refractivity contribution is 0.0730. The number of rotatable bonds is 8. The van der Waals surface area contributed by atoms with Crippen LogP contribution in [0.5, 0.6) is 17.2 Å². The van der Waals surface area contributed by atoms with E-state index in [1.54, 1.807) is 24.3 Å². The minimum atomic E-state index is -3.64. The van der Waals surface area contributed by atoms with Crippen LogP contribution >= 0.6 is 0 Å². The molecule has 1 fully saturated rings. The molecular weight excluding hydrogens is 518 g/mol. The molecule has 0 atom stereocenters. The number of fused-ring (bicyclic) bond motifs is 1. The van der Waals surface area contributed by atoms with Crippen molar-refractivity contribution in [3.05, 3.63) is 75.6 Å². The molecule has 2 aliphatic heterocycles. The normalized spacial score (nSPS) is 15.8. The van der Waals surface area contributed by atoms with Crippen LogP contribution in [0.1, 0.15) is 49.9 Å². The summed E-state index contributed by atoms with van der Waals surface area (Å²) in [4.78, 5) is 0.187. The number of morpholine rings is 1. The zero-order valence-electron chi connectivity index (χ0n) is 23.2. The number of phenols is 2. The highest BCUT2D eigenvalue weighted by atomic mass is 32.2. The van der Waals surface area contributed by atoms with Crippen molar-refractivity contribution in [1.29, 1.82) is 0 Å². The number of allylic oxidation sites excluding steroid dienone is 5. The fraction of sp³-hybridized carbons (Fsp3) is 0.400. The molecule has 0 spiro atoms. The second-order valence-corrected chi connectivity index (χ2v) is 12.1. The largest absolute Gasteiger partial charge is 0.507 e. The molecule has 0 aromatic heterocycles. The highest BCUT2D eigenvalue weighted by Gasteiger charge is 2.32. The van der Waals surface area contributed by atoms with Crippen LogP contribution < -0.4 is 4.74 Å². The number of aromatic hydroxyl groups is 2. The number of nitrogens with zero attached hydrogens (tertiary/aromatic N) is 1. The van der Waals surface area contributed by atoms with E-state index < -0.39 is 10.0 Å². The van der Waals surface area contributed by atoms with Gasteiger partial charge in [0.1, 0.15) is 23.0 Å². The quantitative estimate of drug-likeness (QED) is 0.437. The molecule has 2 N–H and O–H groups in total.